The van der Waals surface area contributed by atoms with E-state index in [4.69, 9.17) is 5.84 Å². The number of rotatable bonds is 5. The van der Waals surface area contributed by atoms with Gasteiger partial charge in [0.15, 0.2) is 0 Å². The second kappa shape index (κ2) is 5.31. The van der Waals surface area contributed by atoms with Gasteiger partial charge in [0.25, 0.3) is 12.4 Å². The highest BCUT2D eigenvalue weighted by atomic mass is 19.3. The molecular weight excluding hydrogens is 246 g/mol. The Morgan fingerprint density at radius 1 is 1.28 bits per heavy atom. The molecule has 0 aliphatic rings. The maximum atomic E-state index is 12.1. The summed E-state index contributed by atoms with van der Waals surface area (Å²) in [4.78, 5) is 11.7. The van der Waals surface area contributed by atoms with Crippen LogP contribution in [0.25, 0.3) is 5.95 Å². The zero-order valence-electron chi connectivity index (χ0n) is 9.09. The molecule has 2 heterocycles. The third-order valence-electron chi connectivity index (χ3n) is 1.88. The first-order valence-corrected chi connectivity index (χ1v) is 4.94. The van der Waals surface area contributed by atoms with Crippen molar-refractivity contribution in [3.05, 3.63) is 18.5 Å². The molecule has 8 nitrogen and oxygen atoms in total. The molecule has 4 N–H and O–H groups in total. The van der Waals surface area contributed by atoms with Crippen LogP contribution in [0.3, 0.4) is 0 Å². The average Bonchev–Trinajstić information content (AvgIpc) is 2.89. The predicted molar refractivity (Wildman–Crippen MR) is 59.3 cm³/mol. The third-order valence-corrected chi connectivity index (χ3v) is 1.88. The summed E-state index contributed by atoms with van der Waals surface area (Å²) in [6, 6.07) is 1.67. The average molecular weight is 256 g/mol. The van der Waals surface area contributed by atoms with Crippen LogP contribution in [0.1, 0.15) is 0 Å². The Morgan fingerprint density at radius 2 is 2.06 bits per heavy atom. The topological polar surface area (TPSA) is 107 Å². The predicted octanol–water partition coefficient (Wildman–Crippen LogP) is 0.0199. The van der Waals surface area contributed by atoms with E-state index in [-0.39, 0.29) is 17.8 Å². The number of hydrazine groups is 1. The van der Waals surface area contributed by atoms with E-state index >= 15 is 0 Å². The normalized spacial score (nSPS) is 10.7. The number of nitrogens with zero attached hydrogens (tertiary/aromatic N) is 5. The first-order chi connectivity index (χ1) is 8.69. The maximum Gasteiger partial charge on any atom is 0.257 e. The Kier molecular flexibility index (Phi) is 3.57. The maximum absolute atomic E-state index is 12.1. The minimum atomic E-state index is -2.51. The van der Waals surface area contributed by atoms with Gasteiger partial charge >= 0.3 is 0 Å². The molecule has 0 aliphatic heterocycles. The molecule has 2 aromatic rings. The number of anilines is 2. The zero-order chi connectivity index (χ0) is 13.0. The first kappa shape index (κ1) is 12.1. The number of nitrogens with one attached hydrogen (secondary N) is 2. The molecule has 0 radical (unpaired) electrons. The van der Waals surface area contributed by atoms with E-state index in [0.717, 1.165) is 0 Å². The highest BCUT2D eigenvalue weighted by Gasteiger charge is 2.09. The van der Waals surface area contributed by atoms with Gasteiger partial charge in [0, 0.05) is 12.4 Å². The van der Waals surface area contributed by atoms with Gasteiger partial charge in [-0.2, -0.15) is 20.1 Å². The molecule has 0 aromatic carbocycles. The lowest BCUT2D eigenvalue weighted by Gasteiger charge is -2.07. The molecule has 0 aliphatic carbocycles. The lowest BCUT2D eigenvalue weighted by molar-refractivity contribution is 0.163. The number of hydrogen-bond donors (Lipinski definition) is 3. The Labute approximate surface area is 100 Å². The number of hydrogen-bond acceptors (Lipinski definition) is 7. The lowest BCUT2D eigenvalue weighted by Crippen LogP contribution is -2.18. The van der Waals surface area contributed by atoms with Crippen molar-refractivity contribution in [1.82, 2.24) is 24.7 Å². The molecule has 2 rings (SSSR count). The van der Waals surface area contributed by atoms with Crippen molar-refractivity contribution in [3.8, 4) is 5.95 Å². The van der Waals surface area contributed by atoms with Crippen LogP contribution in [0.2, 0.25) is 0 Å². The highest BCUT2D eigenvalue weighted by molar-refractivity contribution is 5.36. The van der Waals surface area contributed by atoms with Gasteiger partial charge in [0.05, 0.1) is 6.54 Å². The quantitative estimate of drug-likeness (QED) is 0.511. The second-order valence-electron chi connectivity index (χ2n) is 3.15. The van der Waals surface area contributed by atoms with Gasteiger partial charge in [0.2, 0.25) is 11.9 Å². The van der Waals surface area contributed by atoms with Crippen molar-refractivity contribution in [2.75, 3.05) is 17.3 Å². The molecule has 18 heavy (non-hydrogen) atoms. The molecule has 10 heteroatoms. The van der Waals surface area contributed by atoms with E-state index in [9.17, 15) is 8.78 Å². The molecule has 0 unspecified atom stereocenters. The van der Waals surface area contributed by atoms with Crippen molar-refractivity contribution in [2.24, 2.45) is 5.84 Å². The zero-order valence-corrected chi connectivity index (χ0v) is 9.09. The molecule has 0 saturated carbocycles. The van der Waals surface area contributed by atoms with Crippen LogP contribution in [0, 0.1) is 0 Å². The fourth-order valence-corrected chi connectivity index (χ4v) is 1.17. The number of alkyl halides is 2. The molecule has 0 atom stereocenters. The van der Waals surface area contributed by atoms with Gasteiger partial charge < -0.3 is 5.32 Å². The van der Waals surface area contributed by atoms with E-state index in [1.165, 1.54) is 10.9 Å². The van der Waals surface area contributed by atoms with Gasteiger partial charge in [-0.1, -0.05) is 0 Å². The molecule has 0 amide bonds. The van der Waals surface area contributed by atoms with E-state index in [0.29, 0.717) is 0 Å². The van der Waals surface area contributed by atoms with E-state index < -0.39 is 13.0 Å². The summed E-state index contributed by atoms with van der Waals surface area (Å²) in [6.45, 7) is -0.563. The van der Waals surface area contributed by atoms with Gasteiger partial charge in [-0.05, 0) is 6.07 Å². The number of nitrogen functional groups attached to an aromatic ring is 1. The SMILES string of the molecule is NNc1nc(NCC(F)F)nc(-n2cccn2)n1. The summed E-state index contributed by atoms with van der Waals surface area (Å²) in [5.41, 5.74) is 2.23. The second-order valence-corrected chi connectivity index (χ2v) is 3.15. The van der Waals surface area contributed by atoms with Crippen molar-refractivity contribution >= 4 is 11.9 Å². The first-order valence-electron chi connectivity index (χ1n) is 4.94. The molecule has 0 spiro atoms. The van der Waals surface area contributed by atoms with Crippen LogP contribution < -0.4 is 16.6 Å². The smallest absolute Gasteiger partial charge is 0.257 e. The minimum Gasteiger partial charge on any atom is -0.348 e. The van der Waals surface area contributed by atoms with E-state index in [1.807, 2.05) is 0 Å². The number of aromatic nitrogens is 5. The van der Waals surface area contributed by atoms with Crippen LogP contribution in [0.15, 0.2) is 18.5 Å². The summed E-state index contributed by atoms with van der Waals surface area (Å²) in [5.74, 6) is 5.39. The molecule has 2 aromatic heterocycles. The fourth-order valence-electron chi connectivity index (χ4n) is 1.17. The largest absolute Gasteiger partial charge is 0.348 e. The summed E-state index contributed by atoms with van der Waals surface area (Å²) >= 11 is 0. The monoisotopic (exact) mass is 256 g/mol. The highest BCUT2D eigenvalue weighted by Crippen LogP contribution is 2.08. The fraction of sp³-hybridized carbons (Fsp3) is 0.250. The van der Waals surface area contributed by atoms with Crippen LogP contribution in [0.4, 0.5) is 20.7 Å². The summed E-state index contributed by atoms with van der Waals surface area (Å²) in [6.07, 6.45) is 0.627. The van der Waals surface area contributed by atoms with Gasteiger partial charge in [0.1, 0.15) is 0 Å². The standard InChI is InChI=1S/C8H10F2N8/c9-5(10)4-12-6-14-7(17-11)16-8(15-6)18-3-1-2-13-18/h1-3,5H,4,11H2,(H2,12,14,15,16,17). The van der Waals surface area contributed by atoms with Crippen molar-refractivity contribution in [3.63, 3.8) is 0 Å². The van der Waals surface area contributed by atoms with Crippen LogP contribution >= 0.6 is 0 Å². The molecule has 0 fully saturated rings. The Morgan fingerprint density at radius 3 is 2.67 bits per heavy atom. The molecular formula is C8H10F2N8. The van der Waals surface area contributed by atoms with E-state index in [1.54, 1.807) is 12.3 Å². The number of nitrogens with two attached hydrogens (primary N) is 1. The lowest BCUT2D eigenvalue weighted by atomic mass is 10.6. The Balaban J connectivity index is 2.27. The number of halogens is 2. The van der Waals surface area contributed by atoms with Gasteiger partial charge in [-0.15, -0.1) is 0 Å². The van der Waals surface area contributed by atoms with Gasteiger partial charge in [-0.3, -0.25) is 5.43 Å². The van der Waals surface area contributed by atoms with E-state index in [2.05, 4.69) is 30.8 Å². The molecule has 0 saturated heterocycles. The van der Waals surface area contributed by atoms with Crippen LogP contribution in [-0.2, 0) is 0 Å². The Bertz CT molecular complexity index is 500. The molecule has 0 bridgehead atoms. The van der Waals surface area contributed by atoms with Crippen molar-refractivity contribution in [2.45, 2.75) is 6.43 Å². The minimum absolute atomic E-state index is 0.0104. The van der Waals surface area contributed by atoms with Crippen molar-refractivity contribution < 1.29 is 8.78 Å². The third kappa shape index (κ3) is 2.85. The van der Waals surface area contributed by atoms with Gasteiger partial charge in [-0.25, -0.2) is 19.3 Å². The molecule has 96 valence electrons. The van der Waals surface area contributed by atoms with Crippen LogP contribution in [-0.4, -0.2) is 37.7 Å². The van der Waals surface area contributed by atoms with Crippen molar-refractivity contribution in [1.29, 1.82) is 0 Å². The van der Waals surface area contributed by atoms with Crippen LogP contribution in [0.5, 0.6) is 0 Å². The summed E-state index contributed by atoms with van der Waals surface area (Å²) in [7, 11) is 0. The summed E-state index contributed by atoms with van der Waals surface area (Å²) in [5, 5.41) is 6.29. The Hall–Kier alpha value is -2.36. The summed E-state index contributed by atoms with van der Waals surface area (Å²) < 4.78 is 25.5.